The van der Waals surface area contributed by atoms with E-state index in [1.807, 2.05) is 24.3 Å². The van der Waals surface area contributed by atoms with Crippen LogP contribution in [0.3, 0.4) is 0 Å². The van der Waals surface area contributed by atoms with Crippen LogP contribution in [-0.4, -0.2) is 11.3 Å². The highest BCUT2D eigenvalue weighted by Gasteiger charge is 2.32. The molecule has 1 aliphatic rings. The van der Waals surface area contributed by atoms with Gasteiger partial charge in [-0.2, -0.15) is 0 Å². The first-order chi connectivity index (χ1) is 10.1. The van der Waals surface area contributed by atoms with Crippen LogP contribution in [0.25, 0.3) is 0 Å². The second-order valence-electron chi connectivity index (χ2n) is 4.97. The van der Waals surface area contributed by atoms with E-state index >= 15 is 0 Å². The largest absolute Gasteiger partial charge is 0.344 e. The molecule has 0 saturated heterocycles. The molecule has 1 aliphatic carbocycles. The van der Waals surface area contributed by atoms with Crippen LogP contribution in [0.1, 0.15) is 27.5 Å². The Balaban J connectivity index is 1.89. The molecule has 2 nitrogen and oxygen atoms in total. The van der Waals surface area contributed by atoms with Crippen molar-refractivity contribution in [3.05, 3.63) is 69.2 Å². The lowest BCUT2D eigenvalue weighted by molar-refractivity contribution is 0.0937. The van der Waals surface area contributed by atoms with E-state index in [0.717, 1.165) is 17.5 Å². The molecule has 0 fully saturated rings. The summed E-state index contributed by atoms with van der Waals surface area (Å²) < 4.78 is 0. The number of benzene rings is 2. The summed E-state index contributed by atoms with van der Waals surface area (Å²) >= 11 is 18.5. The lowest BCUT2D eigenvalue weighted by Gasteiger charge is -2.18. The Labute approximate surface area is 138 Å². The second kappa shape index (κ2) is 5.88. The molecule has 2 unspecified atom stereocenters. The quantitative estimate of drug-likeness (QED) is 0.794. The van der Waals surface area contributed by atoms with Gasteiger partial charge in [0.25, 0.3) is 5.91 Å². The average Bonchev–Trinajstić information content (AvgIpc) is 2.75. The van der Waals surface area contributed by atoms with Crippen molar-refractivity contribution in [2.75, 3.05) is 0 Å². The third kappa shape index (κ3) is 2.76. The maximum absolute atomic E-state index is 12.5. The Kier molecular flexibility index (Phi) is 4.12. The second-order valence-corrected chi connectivity index (χ2v) is 6.34. The fraction of sp³-hybridized carbons (Fsp3) is 0.188. The van der Waals surface area contributed by atoms with E-state index in [2.05, 4.69) is 5.32 Å². The summed E-state index contributed by atoms with van der Waals surface area (Å²) in [7, 11) is 0. The van der Waals surface area contributed by atoms with Crippen molar-refractivity contribution >= 4 is 40.7 Å². The summed E-state index contributed by atoms with van der Waals surface area (Å²) in [5.74, 6) is -0.307. The van der Waals surface area contributed by atoms with Crippen molar-refractivity contribution in [2.45, 2.75) is 17.8 Å². The summed E-state index contributed by atoms with van der Waals surface area (Å²) in [5, 5.41) is 3.43. The number of rotatable bonds is 2. The molecule has 0 saturated carbocycles. The summed E-state index contributed by atoms with van der Waals surface area (Å²) in [6, 6.07) is 12.7. The van der Waals surface area contributed by atoms with Crippen molar-refractivity contribution < 1.29 is 4.79 Å². The van der Waals surface area contributed by atoms with E-state index in [-0.39, 0.29) is 22.9 Å². The molecule has 2 aromatic rings. The standard InChI is InChI=1S/C16H12Cl3NO/c17-11-6-3-7-12(18)14(11)16(21)20-15-10-5-2-1-4-9(10)8-13(15)19/h1-7,13,15H,8H2,(H,20,21). The molecule has 2 aromatic carbocycles. The van der Waals surface area contributed by atoms with Gasteiger partial charge in [-0.05, 0) is 29.7 Å². The molecular formula is C16H12Cl3NO. The highest BCUT2D eigenvalue weighted by Crippen LogP contribution is 2.35. The van der Waals surface area contributed by atoms with Gasteiger partial charge >= 0.3 is 0 Å². The first kappa shape index (κ1) is 14.7. The van der Waals surface area contributed by atoms with Crippen molar-refractivity contribution in [1.82, 2.24) is 5.32 Å². The molecule has 0 heterocycles. The maximum Gasteiger partial charge on any atom is 0.254 e. The number of halogens is 3. The SMILES string of the molecule is O=C(NC1c2ccccc2CC1Cl)c1c(Cl)cccc1Cl. The smallest absolute Gasteiger partial charge is 0.254 e. The number of carbonyl (C=O) groups is 1. The van der Waals surface area contributed by atoms with Gasteiger partial charge in [0, 0.05) is 0 Å². The van der Waals surface area contributed by atoms with Crippen LogP contribution >= 0.6 is 34.8 Å². The first-order valence-electron chi connectivity index (χ1n) is 6.54. The zero-order chi connectivity index (χ0) is 15.0. The minimum Gasteiger partial charge on any atom is -0.344 e. The van der Waals surface area contributed by atoms with E-state index < -0.39 is 0 Å². The van der Waals surface area contributed by atoms with Gasteiger partial charge in [0.2, 0.25) is 0 Å². The predicted octanol–water partition coefficient (Wildman–Crippen LogP) is 4.63. The molecule has 1 N–H and O–H groups in total. The molecule has 0 aliphatic heterocycles. The molecule has 0 radical (unpaired) electrons. The Morgan fingerprint density at radius 1 is 1.05 bits per heavy atom. The number of hydrogen-bond donors (Lipinski definition) is 1. The zero-order valence-electron chi connectivity index (χ0n) is 10.9. The minimum atomic E-state index is -0.307. The van der Waals surface area contributed by atoms with Crippen LogP contribution in [0.4, 0.5) is 0 Å². The van der Waals surface area contributed by atoms with E-state index in [9.17, 15) is 4.79 Å². The van der Waals surface area contributed by atoms with Crippen LogP contribution in [0.15, 0.2) is 42.5 Å². The molecule has 2 atom stereocenters. The van der Waals surface area contributed by atoms with Crippen LogP contribution in [0.2, 0.25) is 10.0 Å². The number of carbonyl (C=O) groups excluding carboxylic acids is 1. The Morgan fingerprint density at radius 3 is 2.43 bits per heavy atom. The molecule has 5 heteroatoms. The molecule has 0 spiro atoms. The molecule has 21 heavy (non-hydrogen) atoms. The summed E-state index contributed by atoms with van der Waals surface area (Å²) in [5.41, 5.74) is 2.50. The summed E-state index contributed by atoms with van der Waals surface area (Å²) in [6.07, 6.45) is 0.735. The van der Waals surface area contributed by atoms with Gasteiger partial charge in [0.15, 0.2) is 0 Å². The number of hydrogen-bond acceptors (Lipinski definition) is 1. The number of amides is 1. The van der Waals surface area contributed by atoms with Crippen molar-refractivity contribution in [3.8, 4) is 0 Å². The fourth-order valence-corrected chi connectivity index (χ4v) is 3.58. The molecule has 0 bridgehead atoms. The van der Waals surface area contributed by atoms with Gasteiger partial charge in [-0.15, -0.1) is 11.6 Å². The van der Waals surface area contributed by atoms with Crippen molar-refractivity contribution in [3.63, 3.8) is 0 Å². The summed E-state index contributed by atoms with van der Waals surface area (Å²) in [6.45, 7) is 0. The van der Waals surface area contributed by atoms with Crippen molar-refractivity contribution in [1.29, 1.82) is 0 Å². The van der Waals surface area contributed by atoms with E-state index in [1.54, 1.807) is 18.2 Å². The molecule has 108 valence electrons. The number of fused-ring (bicyclic) bond motifs is 1. The Bertz CT molecular complexity index is 681. The Hall–Kier alpha value is -1.22. The third-order valence-corrected chi connectivity index (χ3v) is 4.68. The van der Waals surface area contributed by atoms with Gasteiger partial charge < -0.3 is 5.32 Å². The van der Waals surface area contributed by atoms with Gasteiger partial charge in [0.05, 0.1) is 27.0 Å². The molecular weight excluding hydrogens is 329 g/mol. The molecule has 0 aromatic heterocycles. The lowest BCUT2D eigenvalue weighted by Crippen LogP contribution is -2.32. The monoisotopic (exact) mass is 339 g/mol. The topological polar surface area (TPSA) is 29.1 Å². The molecule has 1 amide bonds. The van der Waals surface area contributed by atoms with E-state index in [0.29, 0.717) is 10.0 Å². The number of alkyl halides is 1. The third-order valence-electron chi connectivity index (χ3n) is 3.64. The normalized spacial score (nSPS) is 20.1. The number of nitrogens with one attached hydrogen (secondary N) is 1. The highest BCUT2D eigenvalue weighted by molar-refractivity contribution is 6.39. The van der Waals surface area contributed by atoms with Gasteiger partial charge in [-0.3, -0.25) is 4.79 Å². The van der Waals surface area contributed by atoms with Gasteiger partial charge in [-0.1, -0.05) is 53.5 Å². The average molecular weight is 341 g/mol. The fourth-order valence-electron chi connectivity index (χ4n) is 2.64. The van der Waals surface area contributed by atoms with Gasteiger partial charge in [0.1, 0.15) is 0 Å². The van der Waals surface area contributed by atoms with E-state index in [4.69, 9.17) is 34.8 Å². The Morgan fingerprint density at radius 2 is 1.71 bits per heavy atom. The summed E-state index contributed by atoms with van der Waals surface area (Å²) in [4.78, 5) is 12.5. The zero-order valence-corrected chi connectivity index (χ0v) is 13.2. The first-order valence-corrected chi connectivity index (χ1v) is 7.74. The lowest BCUT2D eigenvalue weighted by atomic mass is 10.1. The van der Waals surface area contributed by atoms with Crippen LogP contribution in [0, 0.1) is 0 Å². The molecule has 3 rings (SSSR count). The van der Waals surface area contributed by atoms with E-state index in [1.165, 1.54) is 0 Å². The highest BCUT2D eigenvalue weighted by atomic mass is 35.5. The van der Waals surface area contributed by atoms with Crippen LogP contribution in [0.5, 0.6) is 0 Å². The predicted molar refractivity (Wildman–Crippen MR) is 86.5 cm³/mol. The van der Waals surface area contributed by atoms with Crippen molar-refractivity contribution in [2.24, 2.45) is 0 Å². The van der Waals surface area contributed by atoms with Crippen LogP contribution in [-0.2, 0) is 6.42 Å². The minimum absolute atomic E-state index is 0.174. The maximum atomic E-state index is 12.5. The van der Waals surface area contributed by atoms with Crippen LogP contribution < -0.4 is 5.32 Å². The van der Waals surface area contributed by atoms with Gasteiger partial charge in [-0.25, -0.2) is 0 Å².